The van der Waals surface area contributed by atoms with Gasteiger partial charge in [0, 0.05) is 35.2 Å². The van der Waals surface area contributed by atoms with Crippen molar-refractivity contribution in [2.75, 3.05) is 25.4 Å². The molecule has 1 fully saturated rings. The lowest BCUT2D eigenvalue weighted by molar-refractivity contribution is -0.126. The van der Waals surface area contributed by atoms with Crippen LogP contribution in [-0.2, 0) is 11.3 Å². The fourth-order valence-corrected chi connectivity index (χ4v) is 3.97. The second-order valence-electron chi connectivity index (χ2n) is 7.42. The summed E-state index contributed by atoms with van der Waals surface area (Å²) in [6, 6.07) is 7.96. The normalized spacial score (nSPS) is 19.2. The Bertz CT molecular complexity index is 544. The largest absolute Gasteiger partial charge is 0.355 e. The van der Waals surface area contributed by atoms with Crippen LogP contribution in [0, 0.1) is 5.92 Å². The minimum Gasteiger partial charge on any atom is -0.355 e. The van der Waals surface area contributed by atoms with E-state index in [2.05, 4.69) is 37.1 Å². The Morgan fingerprint density at radius 2 is 2.12 bits per heavy atom. The predicted octanol–water partition coefficient (Wildman–Crippen LogP) is 4.20. The topological polar surface area (TPSA) is 32.3 Å². The van der Waals surface area contributed by atoms with Gasteiger partial charge in [0.15, 0.2) is 0 Å². The second-order valence-corrected chi connectivity index (χ2v) is 9.75. The van der Waals surface area contributed by atoms with Crippen LogP contribution in [0.5, 0.6) is 0 Å². The van der Waals surface area contributed by atoms with Crippen molar-refractivity contribution in [1.82, 2.24) is 10.2 Å². The zero-order valence-electron chi connectivity index (χ0n) is 15.0. The van der Waals surface area contributed by atoms with Gasteiger partial charge in [0.1, 0.15) is 0 Å². The Kier molecular flexibility index (Phi) is 7.45. The summed E-state index contributed by atoms with van der Waals surface area (Å²) in [5.41, 5.74) is 1.14. The van der Waals surface area contributed by atoms with Crippen molar-refractivity contribution in [2.45, 2.75) is 44.9 Å². The lowest BCUT2D eigenvalue weighted by Gasteiger charge is -2.32. The first kappa shape index (κ1) is 19.6. The Morgan fingerprint density at radius 3 is 2.83 bits per heavy atom. The Balaban J connectivity index is 1.78. The molecular formula is C19H29ClN2OS. The summed E-state index contributed by atoms with van der Waals surface area (Å²) in [6.07, 6.45) is 2.05. The van der Waals surface area contributed by atoms with Crippen molar-refractivity contribution in [3.05, 3.63) is 34.9 Å². The van der Waals surface area contributed by atoms with Gasteiger partial charge < -0.3 is 5.32 Å². The van der Waals surface area contributed by atoms with Gasteiger partial charge in [-0.15, -0.1) is 0 Å². The molecule has 0 unspecified atom stereocenters. The molecule has 1 aliphatic rings. The first-order chi connectivity index (χ1) is 11.3. The highest BCUT2D eigenvalue weighted by Gasteiger charge is 2.25. The molecule has 1 aliphatic heterocycles. The third-order valence-corrected chi connectivity index (χ3v) is 5.81. The predicted molar refractivity (Wildman–Crippen MR) is 105 cm³/mol. The third-order valence-electron chi connectivity index (χ3n) is 4.16. The minimum atomic E-state index is 0.0980. The van der Waals surface area contributed by atoms with Crippen molar-refractivity contribution in [3.63, 3.8) is 0 Å². The molecule has 1 saturated heterocycles. The maximum absolute atomic E-state index is 12.4. The quantitative estimate of drug-likeness (QED) is 0.764. The van der Waals surface area contributed by atoms with Crippen LogP contribution >= 0.6 is 23.4 Å². The van der Waals surface area contributed by atoms with E-state index in [9.17, 15) is 4.79 Å². The van der Waals surface area contributed by atoms with Gasteiger partial charge in [-0.25, -0.2) is 0 Å². The second kappa shape index (κ2) is 9.12. The van der Waals surface area contributed by atoms with E-state index in [0.29, 0.717) is 0 Å². The number of hydrogen-bond donors (Lipinski definition) is 1. The number of benzene rings is 1. The molecule has 0 aromatic heterocycles. The van der Waals surface area contributed by atoms with Gasteiger partial charge in [0.25, 0.3) is 0 Å². The number of likely N-dealkylation sites (tertiary alicyclic amines) is 1. The number of halogens is 1. The van der Waals surface area contributed by atoms with Crippen molar-refractivity contribution in [3.8, 4) is 0 Å². The van der Waals surface area contributed by atoms with Gasteiger partial charge in [-0.2, -0.15) is 11.8 Å². The number of nitrogens with zero attached hydrogens (tertiary/aromatic N) is 1. The minimum absolute atomic E-state index is 0.0980. The van der Waals surface area contributed by atoms with E-state index in [1.807, 2.05) is 30.0 Å². The fraction of sp³-hybridized carbons (Fsp3) is 0.632. The van der Waals surface area contributed by atoms with Gasteiger partial charge in [0.2, 0.25) is 5.91 Å². The van der Waals surface area contributed by atoms with Crippen LogP contribution in [-0.4, -0.2) is 40.9 Å². The van der Waals surface area contributed by atoms with Gasteiger partial charge in [-0.05, 0) is 31.0 Å². The van der Waals surface area contributed by atoms with Gasteiger partial charge >= 0.3 is 0 Å². The van der Waals surface area contributed by atoms with E-state index >= 15 is 0 Å². The van der Waals surface area contributed by atoms with E-state index in [-0.39, 0.29) is 16.6 Å². The van der Waals surface area contributed by atoms with Crippen LogP contribution < -0.4 is 5.32 Å². The summed E-state index contributed by atoms with van der Waals surface area (Å²) >= 11 is 8.14. The van der Waals surface area contributed by atoms with E-state index < -0.39 is 0 Å². The third kappa shape index (κ3) is 6.66. The first-order valence-electron chi connectivity index (χ1n) is 8.72. The smallest absolute Gasteiger partial charge is 0.224 e. The van der Waals surface area contributed by atoms with E-state index in [0.717, 1.165) is 55.4 Å². The molecular weight excluding hydrogens is 340 g/mol. The summed E-state index contributed by atoms with van der Waals surface area (Å²) in [5, 5.41) is 3.92. The van der Waals surface area contributed by atoms with Crippen molar-refractivity contribution in [1.29, 1.82) is 0 Å². The molecule has 0 spiro atoms. The summed E-state index contributed by atoms with van der Waals surface area (Å²) < 4.78 is 0.251. The number of nitrogens with one attached hydrogen (secondary N) is 1. The molecule has 1 aromatic rings. The molecule has 24 heavy (non-hydrogen) atoms. The van der Waals surface area contributed by atoms with E-state index in [1.54, 1.807) is 0 Å². The van der Waals surface area contributed by atoms with Gasteiger partial charge in [-0.3, -0.25) is 9.69 Å². The van der Waals surface area contributed by atoms with Crippen LogP contribution in [0.3, 0.4) is 0 Å². The van der Waals surface area contributed by atoms with Crippen LogP contribution in [0.4, 0.5) is 0 Å². The summed E-state index contributed by atoms with van der Waals surface area (Å²) in [7, 11) is 0. The van der Waals surface area contributed by atoms with Crippen LogP contribution in [0.2, 0.25) is 5.02 Å². The standard InChI is InChI=1S/C19H29ClN2OS/c1-19(2,3)24-12-10-21-18(23)16-8-6-11-22(14-16)13-15-7-4-5-9-17(15)20/h4-5,7,9,16H,6,8,10-14H2,1-3H3,(H,21,23)/t16-/m1/s1. The van der Waals surface area contributed by atoms with E-state index in [1.165, 1.54) is 0 Å². The zero-order valence-corrected chi connectivity index (χ0v) is 16.6. The highest BCUT2D eigenvalue weighted by molar-refractivity contribution is 8.00. The molecule has 1 aromatic carbocycles. The number of rotatable bonds is 6. The maximum atomic E-state index is 12.4. The highest BCUT2D eigenvalue weighted by atomic mass is 35.5. The van der Waals surface area contributed by atoms with Gasteiger partial charge in [0.05, 0.1) is 5.92 Å². The molecule has 1 N–H and O–H groups in total. The van der Waals surface area contributed by atoms with Crippen molar-refractivity contribution >= 4 is 29.3 Å². The fourth-order valence-electron chi connectivity index (χ4n) is 2.96. The van der Waals surface area contributed by atoms with Crippen molar-refractivity contribution < 1.29 is 4.79 Å². The summed E-state index contributed by atoms with van der Waals surface area (Å²) in [4.78, 5) is 14.8. The van der Waals surface area contributed by atoms with Crippen LogP contribution in [0.25, 0.3) is 0 Å². The zero-order chi connectivity index (χ0) is 17.6. The summed E-state index contributed by atoms with van der Waals surface area (Å²) in [6.45, 7) is 10.0. The number of thioether (sulfide) groups is 1. The SMILES string of the molecule is CC(C)(C)SCCNC(=O)[C@@H]1CCCN(Cc2ccccc2Cl)C1. The number of carbonyl (C=O) groups excluding carboxylic acids is 1. The van der Waals surface area contributed by atoms with Gasteiger partial charge in [-0.1, -0.05) is 50.6 Å². The van der Waals surface area contributed by atoms with Crippen LogP contribution in [0.1, 0.15) is 39.2 Å². The molecule has 0 aliphatic carbocycles. The molecule has 1 heterocycles. The molecule has 5 heteroatoms. The molecule has 1 amide bonds. The number of hydrogen-bond acceptors (Lipinski definition) is 3. The monoisotopic (exact) mass is 368 g/mol. The number of piperidine rings is 1. The summed E-state index contributed by atoms with van der Waals surface area (Å²) in [5.74, 6) is 1.26. The lowest BCUT2D eigenvalue weighted by atomic mass is 9.96. The van der Waals surface area contributed by atoms with Crippen LogP contribution in [0.15, 0.2) is 24.3 Å². The highest BCUT2D eigenvalue weighted by Crippen LogP contribution is 2.23. The average Bonchev–Trinajstić information content (AvgIpc) is 2.53. The maximum Gasteiger partial charge on any atom is 0.224 e. The molecule has 0 radical (unpaired) electrons. The average molecular weight is 369 g/mol. The van der Waals surface area contributed by atoms with E-state index in [4.69, 9.17) is 11.6 Å². The molecule has 3 nitrogen and oxygen atoms in total. The molecule has 1 atom stereocenters. The Labute approximate surface area is 155 Å². The number of amides is 1. The number of carbonyl (C=O) groups is 1. The molecule has 134 valence electrons. The first-order valence-corrected chi connectivity index (χ1v) is 10.1. The lowest BCUT2D eigenvalue weighted by Crippen LogP contribution is -2.43. The Hall–Kier alpha value is -0.710. The Morgan fingerprint density at radius 1 is 1.38 bits per heavy atom. The van der Waals surface area contributed by atoms with Crippen molar-refractivity contribution in [2.24, 2.45) is 5.92 Å². The molecule has 0 bridgehead atoms. The molecule has 2 rings (SSSR count). The molecule has 0 saturated carbocycles.